The van der Waals surface area contributed by atoms with Gasteiger partial charge >= 0.3 is 0 Å². The van der Waals surface area contributed by atoms with Crippen LogP contribution in [0.1, 0.15) is 17.3 Å². The van der Waals surface area contributed by atoms with E-state index >= 15 is 0 Å². The van der Waals surface area contributed by atoms with Crippen LogP contribution in [-0.2, 0) is 6.42 Å². The van der Waals surface area contributed by atoms with Gasteiger partial charge in [0.1, 0.15) is 5.82 Å². The van der Waals surface area contributed by atoms with Gasteiger partial charge < -0.3 is 0 Å². The molecule has 2 aromatic rings. The highest BCUT2D eigenvalue weighted by atomic mass is 35.5. The summed E-state index contributed by atoms with van der Waals surface area (Å²) < 4.78 is 13.2. The second-order valence-electron chi connectivity index (χ2n) is 3.79. The van der Waals surface area contributed by atoms with Gasteiger partial charge in [0.05, 0.1) is 17.9 Å². The van der Waals surface area contributed by atoms with Crippen LogP contribution in [0.25, 0.3) is 0 Å². The number of hydrogen-bond acceptors (Lipinski definition) is 4. The third-order valence-corrected chi connectivity index (χ3v) is 2.94. The van der Waals surface area contributed by atoms with Crippen LogP contribution in [0.4, 0.5) is 4.39 Å². The second-order valence-corrected chi connectivity index (χ2v) is 4.20. The number of rotatable bonds is 4. The van der Waals surface area contributed by atoms with Crippen LogP contribution >= 0.6 is 11.6 Å². The molecule has 1 heterocycles. The van der Waals surface area contributed by atoms with Crippen LogP contribution in [0.5, 0.6) is 0 Å². The smallest absolute Gasteiger partial charge is 0.123 e. The Hall–Kier alpha value is -1.56. The molecule has 0 bridgehead atoms. The van der Waals surface area contributed by atoms with Crippen molar-refractivity contribution in [1.29, 1.82) is 0 Å². The Morgan fingerprint density at radius 3 is 2.89 bits per heavy atom. The van der Waals surface area contributed by atoms with Crippen LogP contribution < -0.4 is 11.3 Å². The van der Waals surface area contributed by atoms with Gasteiger partial charge in [-0.15, -0.1) is 0 Å². The van der Waals surface area contributed by atoms with E-state index in [2.05, 4.69) is 15.4 Å². The molecular weight excluding hydrogens is 255 g/mol. The maximum atomic E-state index is 13.2. The fraction of sp³-hybridized carbons (Fsp3) is 0.167. The van der Waals surface area contributed by atoms with E-state index in [4.69, 9.17) is 17.4 Å². The molecule has 0 radical (unpaired) electrons. The van der Waals surface area contributed by atoms with Gasteiger partial charge in [0, 0.05) is 17.4 Å². The Labute approximate surface area is 109 Å². The van der Waals surface area contributed by atoms with Crippen LogP contribution in [0.3, 0.4) is 0 Å². The zero-order chi connectivity index (χ0) is 13.0. The molecule has 2 rings (SSSR count). The van der Waals surface area contributed by atoms with Gasteiger partial charge in [0.15, 0.2) is 0 Å². The second kappa shape index (κ2) is 5.86. The number of hydrogen-bond donors (Lipinski definition) is 2. The Bertz CT molecular complexity index is 521. The molecule has 0 aliphatic heterocycles. The van der Waals surface area contributed by atoms with Gasteiger partial charge in [-0.25, -0.2) is 4.39 Å². The number of nitrogens with two attached hydrogens (primary N) is 1. The molecule has 1 atom stereocenters. The van der Waals surface area contributed by atoms with Crippen LogP contribution in [-0.4, -0.2) is 9.97 Å². The molecule has 0 amide bonds. The quantitative estimate of drug-likeness (QED) is 0.656. The SMILES string of the molecule is NNC(Cc1cc(F)ccc1Cl)c1cnccn1. The molecule has 0 spiro atoms. The molecule has 1 aromatic carbocycles. The van der Waals surface area contributed by atoms with Crippen LogP contribution in [0.15, 0.2) is 36.8 Å². The third kappa shape index (κ3) is 3.01. The van der Waals surface area contributed by atoms with E-state index in [0.29, 0.717) is 22.7 Å². The lowest BCUT2D eigenvalue weighted by Crippen LogP contribution is -2.30. The standard InChI is InChI=1S/C12H12ClFN4/c13-10-2-1-9(14)5-8(10)6-11(18-15)12-7-16-3-4-17-12/h1-5,7,11,18H,6,15H2. The predicted molar refractivity (Wildman–Crippen MR) is 67.2 cm³/mol. The van der Waals surface area contributed by atoms with Crippen molar-refractivity contribution in [2.45, 2.75) is 12.5 Å². The zero-order valence-corrected chi connectivity index (χ0v) is 10.2. The van der Waals surface area contributed by atoms with Gasteiger partial charge in [0.2, 0.25) is 0 Å². The van der Waals surface area contributed by atoms with Gasteiger partial charge in [-0.2, -0.15) is 0 Å². The van der Waals surface area contributed by atoms with Crippen molar-refractivity contribution >= 4 is 11.6 Å². The summed E-state index contributed by atoms with van der Waals surface area (Å²) >= 11 is 6.01. The van der Waals surface area contributed by atoms with Gasteiger partial charge in [0.25, 0.3) is 0 Å². The number of halogens is 2. The lowest BCUT2D eigenvalue weighted by molar-refractivity contribution is 0.533. The Morgan fingerprint density at radius 2 is 2.22 bits per heavy atom. The Morgan fingerprint density at radius 1 is 1.39 bits per heavy atom. The number of nitrogens with one attached hydrogen (secondary N) is 1. The van der Waals surface area contributed by atoms with Crippen molar-refractivity contribution < 1.29 is 4.39 Å². The molecule has 3 N–H and O–H groups in total. The summed E-state index contributed by atoms with van der Waals surface area (Å²) in [5.74, 6) is 5.16. The maximum absolute atomic E-state index is 13.2. The van der Waals surface area contributed by atoms with Crippen LogP contribution in [0.2, 0.25) is 5.02 Å². The van der Waals surface area contributed by atoms with Gasteiger partial charge in [-0.05, 0) is 30.2 Å². The maximum Gasteiger partial charge on any atom is 0.123 e. The van der Waals surface area contributed by atoms with Crippen LogP contribution in [0, 0.1) is 5.82 Å². The molecule has 1 aromatic heterocycles. The fourth-order valence-electron chi connectivity index (χ4n) is 1.66. The van der Waals surface area contributed by atoms with Crippen molar-refractivity contribution in [2.24, 2.45) is 5.84 Å². The average molecular weight is 267 g/mol. The Balaban J connectivity index is 2.23. The zero-order valence-electron chi connectivity index (χ0n) is 9.48. The summed E-state index contributed by atoms with van der Waals surface area (Å²) in [5.41, 5.74) is 3.98. The molecule has 0 saturated heterocycles. The molecule has 0 saturated carbocycles. The molecule has 94 valence electrons. The first-order valence-corrected chi connectivity index (χ1v) is 5.74. The normalized spacial score (nSPS) is 12.4. The minimum Gasteiger partial charge on any atom is -0.271 e. The first-order chi connectivity index (χ1) is 8.70. The van der Waals surface area contributed by atoms with E-state index in [1.165, 1.54) is 18.2 Å². The average Bonchev–Trinajstić information content (AvgIpc) is 2.41. The molecule has 18 heavy (non-hydrogen) atoms. The van der Waals surface area contributed by atoms with E-state index in [1.807, 2.05) is 0 Å². The topological polar surface area (TPSA) is 63.8 Å². The van der Waals surface area contributed by atoms with Crippen molar-refractivity contribution in [2.75, 3.05) is 0 Å². The van der Waals surface area contributed by atoms with Crippen molar-refractivity contribution in [3.8, 4) is 0 Å². The fourth-order valence-corrected chi connectivity index (χ4v) is 1.85. The Kier molecular flexibility index (Phi) is 4.19. The first kappa shape index (κ1) is 12.9. The number of benzene rings is 1. The predicted octanol–water partition coefficient (Wildman–Crippen LogP) is 2.02. The van der Waals surface area contributed by atoms with Crippen molar-refractivity contribution in [1.82, 2.24) is 15.4 Å². The molecule has 6 heteroatoms. The highest BCUT2D eigenvalue weighted by molar-refractivity contribution is 6.31. The molecule has 1 unspecified atom stereocenters. The van der Waals surface area contributed by atoms with Gasteiger partial charge in [-0.1, -0.05) is 11.6 Å². The van der Waals surface area contributed by atoms with Gasteiger partial charge in [-0.3, -0.25) is 21.2 Å². The number of aromatic nitrogens is 2. The van der Waals surface area contributed by atoms with E-state index < -0.39 is 0 Å². The van der Waals surface area contributed by atoms with E-state index in [9.17, 15) is 4.39 Å². The highest BCUT2D eigenvalue weighted by Crippen LogP contribution is 2.22. The summed E-state index contributed by atoms with van der Waals surface area (Å²) in [6.07, 6.45) is 5.20. The number of hydrazine groups is 1. The summed E-state index contributed by atoms with van der Waals surface area (Å²) in [6, 6.07) is 3.97. The van der Waals surface area contributed by atoms with E-state index in [0.717, 1.165) is 0 Å². The minimum absolute atomic E-state index is 0.266. The van der Waals surface area contributed by atoms with Crippen molar-refractivity contribution in [3.63, 3.8) is 0 Å². The summed E-state index contributed by atoms with van der Waals surface area (Å²) in [5, 5.41) is 0.501. The molecule has 0 fully saturated rings. The monoisotopic (exact) mass is 266 g/mol. The van der Waals surface area contributed by atoms with E-state index in [-0.39, 0.29) is 11.9 Å². The molecular formula is C12H12ClFN4. The first-order valence-electron chi connectivity index (χ1n) is 5.36. The highest BCUT2D eigenvalue weighted by Gasteiger charge is 2.14. The third-order valence-electron chi connectivity index (χ3n) is 2.57. The lowest BCUT2D eigenvalue weighted by atomic mass is 10.0. The minimum atomic E-state index is -0.329. The molecule has 0 aliphatic carbocycles. The summed E-state index contributed by atoms with van der Waals surface area (Å²) in [7, 11) is 0. The molecule has 0 aliphatic rings. The molecule has 4 nitrogen and oxygen atoms in total. The number of nitrogens with zero attached hydrogens (tertiary/aromatic N) is 2. The summed E-state index contributed by atoms with van der Waals surface area (Å²) in [4.78, 5) is 8.13. The lowest BCUT2D eigenvalue weighted by Gasteiger charge is -2.15. The van der Waals surface area contributed by atoms with E-state index in [1.54, 1.807) is 18.6 Å². The largest absolute Gasteiger partial charge is 0.271 e. The summed E-state index contributed by atoms with van der Waals surface area (Å²) in [6.45, 7) is 0. The van der Waals surface area contributed by atoms with Crippen molar-refractivity contribution in [3.05, 3.63) is 58.9 Å².